The summed E-state index contributed by atoms with van der Waals surface area (Å²) in [6.45, 7) is 5.43. The largest absolute Gasteiger partial charge is 0.508 e. The van der Waals surface area contributed by atoms with Crippen molar-refractivity contribution in [1.82, 2.24) is 0 Å². The Morgan fingerprint density at radius 1 is 1.35 bits per heavy atom. The first-order chi connectivity index (χ1) is 8.00. The van der Waals surface area contributed by atoms with E-state index in [1.165, 1.54) is 11.8 Å². The Morgan fingerprint density at radius 3 is 2.47 bits per heavy atom. The van der Waals surface area contributed by atoms with Crippen molar-refractivity contribution in [3.63, 3.8) is 0 Å². The summed E-state index contributed by atoms with van der Waals surface area (Å²) in [5.41, 5.74) is 2.93. The molecule has 0 saturated carbocycles. The molecule has 3 heteroatoms. The van der Waals surface area contributed by atoms with Crippen LogP contribution in [0.25, 0.3) is 0 Å². The van der Waals surface area contributed by atoms with Gasteiger partial charge in [0, 0.05) is 24.7 Å². The van der Waals surface area contributed by atoms with Gasteiger partial charge < -0.3 is 5.11 Å². The number of hydrogen-bond donors (Lipinski definition) is 1. The van der Waals surface area contributed by atoms with Crippen LogP contribution in [0.5, 0.6) is 5.75 Å². The highest BCUT2D eigenvalue weighted by molar-refractivity contribution is 8.13. The van der Waals surface area contributed by atoms with Gasteiger partial charge in [-0.25, -0.2) is 0 Å². The fourth-order valence-electron chi connectivity index (χ4n) is 1.53. The van der Waals surface area contributed by atoms with E-state index in [1.54, 1.807) is 19.1 Å². The third kappa shape index (κ3) is 4.54. The molecule has 0 aliphatic heterocycles. The first-order valence-electron chi connectivity index (χ1n) is 5.43. The van der Waals surface area contributed by atoms with E-state index in [4.69, 9.17) is 0 Å². The van der Waals surface area contributed by atoms with Gasteiger partial charge >= 0.3 is 0 Å². The lowest BCUT2D eigenvalue weighted by Crippen LogP contribution is -1.88. The van der Waals surface area contributed by atoms with Crippen molar-refractivity contribution in [1.29, 1.82) is 0 Å². The molecule has 1 aromatic rings. The number of aromatic hydroxyl groups is 1. The lowest BCUT2D eigenvalue weighted by molar-refractivity contribution is -0.109. The highest BCUT2D eigenvalue weighted by atomic mass is 32.2. The molecule has 0 amide bonds. The summed E-state index contributed by atoms with van der Waals surface area (Å²) in [5, 5.41) is 9.53. The zero-order chi connectivity index (χ0) is 12.8. The number of hydrogen-bond acceptors (Lipinski definition) is 3. The van der Waals surface area contributed by atoms with Crippen LogP contribution in [0.15, 0.2) is 12.1 Å². The fourth-order valence-corrected chi connectivity index (χ4v) is 2.03. The molecule has 0 aromatic heterocycles. The van der Waals surface area contributed by atoms with Crippen molar-refractivity contribution in [2.45, 2.75) is 27.2 Å². The molecule has 2 nitrogen and oxygen atoms in total. The molecular weight excluding hydrogens is 232 g/mol. The van der Waals surface area contributed by atoms with Gasteiger partial charge in [0.25, 0.3) is 0 Å². The number of carbonyl (C=O) groups excluding carboxylic acids is 1. The third-order valence-electron chi connectivity index (χ3n) is 2.26. The first-order valence-corrected chi connectivity index (χ1v) is 6.41. The van der Waals surface area contributed by atoms with Crippen molar-refractivity contribution in [2.24, 2.45) is 0 Å². The van der Waals surface area contributed by atoms with Crippen LogP contribution in [-0.2, 0) is 4.79 Å². The van der Waals surface area contributed by atoms with Crippen molar-refractivity contribution in [3.8, 4) is 17.6 Å². The number of phenols is 1. The molecule has 1 rings (SSSR count). The molecule has 0 aliphatic rings. The monoisotopic (exact) mass is 248 g/mol. The average Bonchev–Trinajstić information content (AvgIpc) is 2.20. The van der Waals surface area contributed by atoms with E-state index in [0.29, 0.717) is 6.42 Å². The maximum Gasteiger partial charge on any atom is 0.185 e. The van der Waals surface area contributed by atoms with Crippen molar-refractivity contribution >= 4 is 16.9 Å². The van der Waals surface area contributed by atoms with Gasteiger partial charge in [-0.15, -0.1) is 0 Å². The molecule has 0 bridgehead atoms. The van der Waals surface area contributed by atoms with Gasteiger partial charge in [-0.2, -0.15) is 0 Å². The van der Waals surface area contributed by atoms with Crippen molar-refractivity contribution in [3.05, 3.63) is 28.8 Å². The molecule has 1 aromatic carbocycles. The summed E-state index contributed by atoms with van der Waals surface area (Å²) in [4.78, 5) is 10.7. The Balaban J connectivity index is 2.69. The number of phenolic OH excluding ortho intramolecular Hbond substituents is 1. The first kappa shape index (κ1) is 13.7. The number of thioether (sulfide) groups is 1. The molecule has 0 aliphatic carbocycles. The summed E-state index contributed by atoms with van der Waals surface area (Å²) < 4.78 is 0. The highest BCUT2D eigenvalue weighted by Gasteiger charge is 2.01. The molecule has 0 fully saturated rings. The highest BCUT2D eigenvalue weighted by Crippen LogP contribution is 2.19. The quantitative estimate of drug-likeness (QED) is 0.645. The van der Waals surface area contributed by atoms with Gasteiger partial charge in [0.2, 0.25) is 0 Å². The van der Waals surface area contributed by atoms with E-state index < -0.39 is 0 Å². The van der Waals surface area contributed by atoms with Gasteiger partial charge in [-0.05, 0) is 37.1 Å². The van der Waals surface area contributed by atoms with Gasteiger partial charge in [0.15, 0.2) is 5.12 Å². The van der Waals surface area contributed by atoms with E-state index in [2.05, 4.69) is 11.8 Å². The fraction of sp³-hybridized carbons (Fsp3) is 0.357. The Bertz CT molecular complexity index is 458. The summed E-state index contributed by atoms with van der Waals surface area (Å²) >= 11 is 1.30. The van der Waals surface area contributed by atoms with Crippen LogP contribution in [0.1, 0.15) is 30.0 Å². The third-order valence-corrected chi connectivity index (χ3v) is 3.08. The number of aryl methyl sites for hydroxylation is 2. The maximum absolute atomic E-state index is 10.7. The topological polar surface area (TPSA) is 37.3 Å². The van der Waals surface area contributed by atoms with Gasteiger partial charge in [-0.3, -0.25) is 4.79 Å². The predicted molar refractivity (Wildman–Crippen MR) is 72.2 cm³/mol. The van der Waals surface area contributed by atoms with Gasteiger partial charge in [-0.1, -0.05) is 23.6 Å². The zero-order valence-corrected chi connectivity index (χ0v) is 11.1. The maximum atomic E-state index is 10.7. The molecule has 17 heavy (non-hydrogen) atoms. The van der Waals surface area contributed by atoms with E-state index in [1.807, 2.05) is 13.8 Å². The number of rotatable bonds is 2. The van der Waals surface area contributed by atoms with Crippen LogP contribution < -0.4 is 0 Å². The molecule has 0 heterocycles. The summed E-state index contributed by atoms with van der Waals surface area (Å²) in [7, 11) is 0. The Labute approximate surface area is 106 Å². The predicted octanol–water partition coefficient (Wildman–Crippen LogP) is 3.03. The van der Waals surface area contributed by atoms with Crippen LogP contribution in [0.3, 0.4) is 0 Å². The smallest absolute Gasteiger partial charge is 0.185 e. The summed E-state index contributed by atoms with van der Waals surface area (Å²) in [6, 6.07) is 3.42. The molecule has 0 radical (unpaired) electrons. The average molecular weight is 248 g/mol. The molecule has 0 spiro atoms. The molecule has 0 unspecified atom stereocenters. The minimum atomic E-state index is 0.129. The van der Waals surface area contributed by atoms with Gasteiger partial charge in [0.05, 0.1) is 0 Å². The normalized spacial score (nSPS) is 9.59. The van der Waals surface area contributed by atoms with E-state index >= 15 is 0 Å². The van der Waals surface area contributed by atoms with Crippen LogP contribution in [0, 0.1) is 25.7 Å². The zero-order valence-electron chi connectivity index (χ0n) is 10.3. The van der Waals surface area contributed by atoms with Crippen LogP contribution >= 0.6 is 11.8 Å². The van der Waals surface area contributed by atoms with E-state index in [0.717, 1.165) is 22.4 Å². The second kappa shape index (κ2) is 6.36. The molecule has 90 valence electrons. The second-order valence-corrected chi connectivity index (χ2v) is 5.12. The summed E-state index contributed by atoms with van der Waals surface area (Å²) in [6.07, 6.45) is 0.698. The Morgan fingerprint density at radius 2 is 1.94 bits per heavy atom. The van der Waals surface area contributed by atoms with Crippen LogP contribution in [0.2, 0.25) is 0 Å². The van der Waals surface area contributed by atoms with Crippen LogP contribution in [-0.4, -0.2) is 16.0 Å². The van der Waals surface area contributed by atoms with E-state index in [-0.39, 0.29) is 10.9 Å². The van der Waals surface area contributed by atoms with Crippen molar-refractivity contribution < 1.29 is 9.90 Å². The van der Waals surface area contributed by atoms with Gasteiger partial charge in [0.1, 0.15) is 5.75 Å². The SMILES string of the molecule is CC(=O)SCCC#Cc1c(C)cc(O)cc1C. The Kier molecular flexibility index (Phi) is 5.11. The number of benzene rings is 1. The van der Waals surface area contributed by atoms with Crippen LogP contribution in [0.4, 0.5) is 0 Å². The second-order valence-electron chi connectivity index (χ2n) is 3.85. The lowest BCUT2D eigenvalue weighted by atomic mass is 10.0. The summed E-state index contributed by atoms with van der Waals surface area (Å²) in [5.74, 6) is 7.16. The Hall–Kier alpha value is -1.40. The van der Waals surface area contributed by atoms with Crippen molar-refractivity contribution in [2.75, 3.05) is 5.75 Å². The molecule has 1 N–H and O–H groups in total. The lowest BCUT2D eigenvalue weighted by Gasteiger charge is -2.03. The standard InChI is InChI=1S/C14H16O2S/c1-10-8-13(16)9-11(2)14(10)6-4-5-7-17-12(3)15/h8-9,16H,5,7H2,1-3H3. The minimum absolute atomic E-state index is 0.129. The van der Waals surface area contributed by atoms with E-state index in [9.17, 15) is 9.90 Å². The molecule has 0 saturated heterocycles. The molecule has 0 atom stereocenters. The number of carbonyl (C=O) groups is 1. The molecular formula is C14H16O2S. The minimum Gasteiger partial charge on any atom is -0.508 e.